The number of rotatable bonds is 5. The molecule has 166 valence electrons. The largest absolute Gasteiger partial charge is 0.386 e. The van der Waals surface area contributed by atoms with Crippen LogP contribution in [0.25, 0.3) is 11.0 Å². The van der Waals surface area contributed by atoms with E-state index in [1.807, 2.05) is 6.07 Å². The molecular weight excluding hydrogens is 428 g/mol. The molecule has 2 amide bonds. The molecule has 4 aromatic rings. The van der Waals surface area contributed by atoms with Crippen molar-refractivity contribution in [1.82, 2.24) is 15.3 Å². The number of H-pyrrole nitrogens is 1. The second kappa shape index (κ2) is 8.44. The number of hydrogen-bond acceptors (Lipinski definition) is 4. The number of aromatic nitrogens is 2. The fourth-order valence-corrected chi connectivity index (χ4v) is 3.95. The summed E-state index contributed by atoms with van der Waals surface area (Å²) >= 11 is 0. The van der Waals surface area contributed by atoms with Gasteiger partial charge in [-0.05, 0) is 41.5 Å². The number of amides is 2. The normalized spacial score (nSPS) is 18.2. The van der Waals surface area contributed by atoms with Gasteiger partial charge in [0.25, 0.3) is 0 Å². The van der Waals surface area contributed by atoms with Crippen LogP contribution in [0.15, 0.2) is 78.0 Å². The Bertz CT molecular complexity index is 1340. The Balaban J connectivity index is 1.55. The van der Waals surface area contributed by atoms with E-state index in [4.69, 9.17) is 0 Å². The van der Waals surface area contributed by atoms with Gasteiger partial charge < -0.3 is 10.1 Å². The standard InChI is InChI=1S/C24H19F2N5O2/c25-16-8-15(9-17(26)10-16)22-23(27-12-21(32)14-4-2-1-3-5-14)30-24(33)31(22)18-6-7-19-20(11-18)29-13-28-19/h1-11,13,21-22,32H,12H2,(H,28,29)(H,27,30,33). The summed E-state index contributed by atoms with van der Waals surface area (Å²) in [6, 6.07) is 15.8. The van der Waals surface area contributed by atoms with Crippen molar-refractivity contribution in [3.8, 4) is 0 Å². The molecule has 33 heavy (non-hydrogen) atoms. The molecule has 1 saturated heterocycles. The Morgan fingerprint density at radius 2 is 1.82 bits per heavy atom. The number of imidazole rings is 1. The number of aliphatic imine (C=N–C) groups is 1. The molecule has 0 aliphatic carbocycles. The summed E-state index contributed by atoms with van der Waals surface area (Å²) in [6.07, 6.45) is 0.630. The first kappa shape index (κ1) is 20.8. The summed E-state index contributed by atoms with van der Waals surface area (Å²) in [6.45, 7) is -0.0415. The maximum atomic E-state index is 14.1. The molecule has 2 atom stereocenters. The number of aliphatic hydroxyl groups is 1. The van der Waals surface area contributed by atoms with Crippen LogP contribution in [0, 0.1) is 11.6 Å². The molecule has 2 heterocycles. The predicted octanol–water partition coefficient (Wildman–Crippen LogP) is 4.24. The Hall–Kier alpha value is -4.11. The fourth-order valence-electron chi connectivity index (χ4n) is 3.95. The molecule has 1 aromatic heterocycles. The van der Waals surface area contributed by atoms with Gasteiger partial charge in [0.15, 0.2) is 0 Å². The summed E-state index contributed by atoms with van der Waals surface area (Å²) in [7, 11) is 0. The van der Waals surface area contributed by atoms with Gasteiger partial charge >= 0.3 is 6.03 Å². The molecule has 1 fully saturated rings. The highest BCUT2D eigenvalue weighted by Gasteiger charge is 2.39. The third kappa shape index (κ3) is 4.06. The van der Waals surface area contributed by atoms with Crippen molar-refractivity contribution >= 4 is 28.6 Å². The maximum absolute atomic E-state index is 14.1. The summed E-state index contributed by atoms with van der Waals surface area (Å²) in [5.74, 6) is -1.35. The van der Waals surface area contributed by atoms with Crippen molar-refractivity contribution in [2.75, 3.05) is 11.4 Å². The summed E-state index contributed by atoms with van der Waals surface area (Å²) < 4.78 is 28.2. The molecule has 0 saturated carbocycles. The highest BCUT2D eigenvalue weighted by molar-refractivity contribution is 6.17. The van der Waals surface area contributed by atoms with Crippen LogP contribution in [0.5, 0.6) is 0 Å². The molecular formula is C24H19F2N5O2. The fraction of sp³-hybridized carbons (Fsp3) is 0.125. The third-order valence-corrected chi connectivity index (χ3v) is 5.47. The van der Waals surface area contributed by atoms with Gasteiger partial charge in [0.05, 0.1) is 30.0 Å². The molecule has 0 spiro atoms. The smallest absolute Gasteiger partial charge is 0.328 e. The van der Waals surface area contributed by atoms with E-state index in [1.54, 1.807) is 42.5 Å². The van der Waals surface area contributed by atoms with Crippen LogP contribution in [-0.2, 0) is 0 Å². The number of nitrogens with one attached hydrogen (secondary N) is 2. The number of aliphatic hydroxyl groups excluding tert-OH is 1. The minimum atomic E-state index is -0.915. The molecule has 2 unspecified atom stereocenters. The van der Waals surface area contributed by atoms with Gasteiger partial charge in [0, 0.05) is 11.8 Å². The second-order valence-corrected chi connectivity index (χ2v) is 7.66. The molecule has 3 aromatic carbocycles. The number of halogens is 2. The summed E-state index contributed by atoms with van der Waals surface area (Å²) in [5.41, 5.74) is 2.78. The number of amidine groups is 1. The van der Waals surface area contributed by atoms with Crippen LogP contribution in [0.3, 0.4) is 0 Å². The molecule has 0 radical (unpaired) electrons. The Morgan fingerprint density at radius 1 is 1.06 bits per heavy atom. The Kier molecular flexibility index (Phi) is 5.31. The SMILES string of the molecule is O=C1NC(=NCC(O)c2ccccc2)C(c2cc(F)cc(F)c2)N1c1ccc2[nH]cnc2c1. The van der Waals surface area contributed by atoms with Crippen LogP contribution in [0.1, 0.15) is 23.3 Å². The number of nitrogens with zero attached hydrogens (tertiary/aromatic N) is 3. The van der Waals surface area contributed by atoms with Crippen molar-refractivity contribution in [1.29, 1.82) is 0 Å². The first-order valence-electron chi connectivity index (χ1n) is 10.3. The molecule has 1 aliphatic rings. The summed E-state index contributed by atoms with van der Waals surface area (Å²) in [4.78, 5) is 26.0. The highest BCUT2D eigenvalue weighted by Crippen LogP contribution is 2.34. The lowest BCUT2D eigenvalue weighted by Gasteiger charge is -2.23. The van der Waals surface area contributed by atoms with Crippen molar-refractivity contribution in [2.24, 2.45) is 4.99 Å². The lowest BCUT2D eigenvalue weighted by molar-refractivity contribution is 0.187. The minimum Gasteiger partial charge on any atom is -0.386 e. The number of fused-ring (bicyclic) bond motifs is 1. The van der Waals surface area contributed by atoms with Gasteiger partial charge in [0.2, 0.25) is 0 Å². The molecule has 7 nitrogen and oxygen atoms in total. The van der Waals surface area contributed by atoms with E-state index in [9.17, 15) is 18.7 Å². The van der Waals surface area contributed by atoms with Gasteiger partial charge in [0.1, 0.15) is 23.5 Å². The van der Waals surface area contributed by atoms with Crippen LogP contribution < -0.4 is 10.2 Å². The molecule has 9 heteroatoms. The Morgan fingerprint density at radius 3 is 2.58 bits per heavy atom. The quantitative estimate of drug-likeness (QED) is 0.427. The number of aromatic amines is 1. The van der Waals surface area contributed by atoms with Gasteiger partial charge in [-0.15, -0.1) is 0 Å². The molecule has 0 bridgehead atoms. The zero-order valence-electron chi connectivity index (χ0n) is 17.2. The van der Waals surface area contributed by atoms with E-state index < -0.39 is 29.8 Å². The van der Waals surface area contributed by atoms with Gasteiger partial charge in [-0.25, -0.2) is 18.6 Å². The van der Waals surface area contributed by atoms with Crippen molar-refractivity contribution in [3.05, 3.63) is 95.8 Å². The van der Waals surface area contributed by atoms with Crippen molar-refractivity contribution in [3.63, 3.8) is 0 Å². The van der Waals surface area contributed by atoms with E-state index in [0.29, 0.717) is 16.8 Å². The first-order valence-corrected chi connectivity index (χ1v) is 10.3. The van der Waals surface area contributed by atoms with Crippen molar-refractivity contribution < 1.29 is 18.7 Å². The first-order chi connectivity index (χ1) is 16.0. The number of carbonyl (C=O) groups is 1. The average Bonchev–Trinajstić information content (AvgIpc) is 3.40. The van der Waals surface area contributed by atoms with E-state index in [0.717, 1.165) is 23.7 Å². The Labute approximate surface area is 187 Å². The number of benzene rings is 3. The summed E-state index contributed by atoms with van der Waals surface area (Å²) in [5, 5.41) is 13.2. The minimum absolute atomic E-state index is 0.0415. The number of urea groups is 1. The van der Waals surface area contributed by atoms with Gasteiger partial charge in [-0.1, -0.05) is 30.3 Å². The van der Waals surface area contributed by atoms with Crippen LogP contribution in [0.2, 0.25) is 0 Å². The van der Waals surface area contributed by atoms with E-state index in [2.05, 4.69) is 20.3 Å². The van der Waals surface area contributed by atoms with E-state index in [-0.39, 0.29) is 17.9 Å². The number of carbonyl (C=O) groups excluding carboxylic acids is 1. The lowest BCUT2D eigenvalue weighted by atomic mass is 10.0. The zero-order chi connectivity index (χ0) is 22.9. The number of anilines is 1. The van der Waals surface area contributed by atoms with Gasteiger partial charge in [-0.2, -0.15) is 0 Å². The lowest BCUT2D eigenvalue weighted by Crippen LogP contribution is -2.29. The second-order valence-electron chi connectivity index (χ2n) is 7.66. The van der Waals surface area contributed by atoms with Crippen LogP contribution in [0.4, 0.5) is 19.3 Å². The van der Waals surface area contributed by atoms with E-state index >= 15 is 0 Å². The molecule has 3 N–H and O–H groups in total. The number of hydrogen-bond donors (Lipinski definition) is 3. The van der Waals surface area contributed by atoms with Crippen LogP contribution in [-0.4, -0.2) is 33.5 Å². The average molecular weight is 447 g/mol. The molecule has 5 rings (SSSR count). The monoisotopic (exact) mass is 447 g/mol. The van der Waals surface area contributed by atoms with Crippen LogP contribution >= 0.6 is 0 Å². The molecule has 1 aliphatic heterocycles. The van der Waals surface area contributed by atoms with Crippen molar-refractivity contribution in [2.45, 2.75) is 12.1 Å². The predicted molar refractivity (Wildman–Crippen MR) is 120 cm³/mol. The van der Waals surface area contributed by atoms with E-state index in [1.165, 1.54) is 11.2 Å². The maximum Gasteiger partial charge on any atom is 0.328 e. The topological polar surface area (TPSA) is 93.6 Å². The third-order valence-electron chi connectivity index (χ3n) is 5.47. The zero-order valence-corrected chi connectivity index (χ0v) is 17.2. The van der Waals surface area contributed by atoms with Gasteiger partial charge in [-0.3, -0.25) is 15.2 Å². The highest BCUT2D eigenvalue weighted by atomic mass is 19.1.